The van der Waals surface area contributed by atoms with Crippen LogP contribution in [0.25, 0.3) is 11.3 Å². The van der Waals surface area contributed by atoms with E-state index >= 15 is 0 Å². The highest BCUT2D eigenvalue weighted by Crippen LogP contribution is 2.26. The first-order valence-electron chi connectivity index (χ1n) is 6.30. The van der Waals surface area contributed by atoms with Gasteiger partial charge in [0.2, 0.25) is 5.88 Å². The number of rotatable bonds is 2. The first-order valence-corrected chi connectivity index (χ1v) is 6.68. The molecule has 94 valence electrons. The van der Waals surface area contributed by atoms with Crippen LogP contribution in [0.2, 0.25) is 5.02 Å². The molecule has 3 nitrogen and oxygen atoms in total. The Hall–Kier alpha value is -1.48. The molecule has 0 amide bonds. The quantitative estimate of drug-likeness (QED) is 0.820. The molecule has 1 aromatic carbocycles. The van der Waals surface area contributed by atoms with Gasteiger partial charge < -0.3 is 9.42 Å². The number of benzene rings is 1. The van der Waals surface area contributed by atoms with Gasteiger partial charge in [0, 0.05) is 29.7 Å². The average Bonchev–Trinajstić information content (AvgIpc) is 2.90. The van der Waals surface area contributed by atoms with Gasteiger partial charge in [-0.15, -0.1) is 0 Å². The Labute approximate surface area is 111 Å². The van der Waals surface area contributed by atoms with Gasteiger partial charge in [0.15, 0.2) is 0 Å². The Bertz CT molecular complexity index is 515. The molecule has 2 aromatic rings. The van der Waals surface area contributed by atoms with Crippen molar-refractivity contribution in [1.82, 2.24) is 5.16 Å². The van der Waals surface area contributed by atoms with Crippen LogP contribution in [0.1, 0.15) is 19.3 Å². The summed E-state index contributed by atoms with van der Waals surface area (Å²) >= 11 is 5.87. The Morgan fingerprint density at radius 1 is 1.06 bits per heavy atom. The fourth-order valence-electron chi connectivity index (χ4n) is 2.29. The molecule has 0 bridgehead atoms. The Kier molecular flexibility index (Phi) is 3.24. The Morgan fingerprint density at radius 3 is 2.50 bits per heavy atom. The van der Waals surface area contributed by atoms with Gasteiger partial charge in [-0.1, -0.05) is 28.9 Å². The maximum atomic E-state index is 5.87. The lowest BCUT2D eigenvalue weighted by Gasteiger charge is -2.25. The minimum absolute atomic E-state index is 0.735. The van der Waals surface area contributed by atoms with Crippen LogP contribution >= 0.6 is 11.6 Å². The molecule has 4 heteroatoms. The van der Waals surface area contributed by atoms with Crippen molar-refractivity contribution in [2.75, 3.05) is 18.0 Å². The second-order valence-electron chi connectivity index (χ2n) is 4.60. The van der Waals surface area contributed by atoms with Crippen LogP contribution in [-0.4, -0.2) is 18.2 Å². The van der Waals surface area contributed by atoms with Crippen LogP contribution in [0.15, 0.2) is 34.9 Å². The zero-order valence-corrected chi connectivity index (χ0v) is 10.9. The molecule has 1 aliphatic rings. The normalized spacial score (nSPS) is 15.9. The van der Waals surface area contributed by atoms with E-state index in [2.05, 4.69) is 10.1 Å². The lowest BCUT2D eigenvalue weighted by molar-refractivity contribution is 0.407. The third-order valence-corrected chi connectivity index (χ3v) is 3.56. The third-order valence-electron chi connectivity index (χ3n) is 3.31. The molecular formula is C14H15ClN2O. The minimum atomic E-state index is 0.735. The smallest absolute Gasteiger partial charge is 0.227 e. The Balaban J connectivity index is 1.82. The highest BCUT2D eigenvalue weighted by molar-refractivity contribution is 6.30. The summed E-state index contributed by atoms with van der Waals surface area (Å²) in [5.74, 6) is 0.875. The lowest BCUT2D eigenvalue weighted by atomic mass is 10.1. The van der Waals surface area contributed by atoms with E-state index in [1.165, 1.54) is 19.3 Å². The topological polar surface area (TPSA) is 29.3 Å². The molecule has 2 heterocycles. The maximum absolute atomic E-state index is 5.87. The van der Waals surface area contributed by atoms with E-state index in [1.807, 2.05) is 30.3 Å². The molecule has 0 spiro atoms. The van der Waals surface area contributed by atoms with E-state index in [1.54, 1.807) is 0 Å². The van der Waals surface area contributed by atoms with Crippen molar-refractivity contribution in [3.05, 3.63) is 35.4 Å². The van der Waals surface area contributed by atoms with Crippen molar-refractivity contribution in [3.8, 4) is 11.3 Å². The van der Waals surface area contributed by atoms with Crippen molar-refractivity contribution in [3.63, 3.8) is 0 Å². The summed E-state index contributed by atoms with van der Waals surface area (Å²) in [5, 5.41) is 4.87. The lowest BCUT2D eigenvalue weighted by Crippen LogP contribution is -2.28. The number of aromatic nitrogens is 1. The largest absolute Gasteiger partial charge is 0.341 e. The molecule has 0 atom stereocenters. The van der Waals surface area contributed by atoms with Gasteiger partial charge in [-0.05, 0) is 31.4 Å². The van der Waals surface area contributed by atoms with Gasteiger partial charge in [0.1, 0.15) is 5.69 Å². The zero-order valence-electron chi connectivity index (χ0n) is 10.1. The van der Waals surface area contributed by atoms with Crippen molar-refractivity contribution in [1.29, 1.82) is 0 Å². The van der Waals surface area contributed by atoms with Crippen LogP contribution in [-0.2, 0) is 0 Å². The first kappa shape index (κ1) is 11.6. The molecule has 0 N–H and O–H groups in total. The van der Waals surface area contributed by atoms with Crippen LogP contribution < -0.4 is 4.90 Å². The van der Waals surface area contributed by atoms with Gasteiger partial charge in [-0.2, -0.15) is 0 Å². The van der Waals surface area contributed by atoms with Crippen molar-refractivity contribution < 1.29 is 4.52 Å². The van der Waals surface area contributed by atoms with Crippen LogP contribution in [0, 0.1) is 0 Å². The number of halogens is 1. The summed E-state index contributed by atoms with van der Waals surface area (Å²) in [6, 6.07) is 9.66. The van der Waals surface area contributed by atoms with E-state index in [9.17, 15) is 0 Å². The van der Waals surface area contributed by atoms with Gasteiger partial charge >= 0.3 is 0 Å². The number of hydrogen-bond acceptors (Lipinski definition) is 3. The molecule has 0 radical (unpaired) electrons. The predicted molar refractivity (Wildman–Crippen MR) is 73.0 cm³/mol. The molecule has 0 aliphatic carbocycles. The summed E-state index contributed by atoms with van der Waals surface area (Å²) in [7, 11) is 0. The highest BCUT2D eigenvalue weighted by atomic mass is 35.5. The Morgan fingerprint density at radius 2 is 1.78 bits per heavy atom. The molecule has 1 fully saturated rings. The number of hydrogen-bond donors (Lipinski definition) is 0. The summed E-state index contributed by atoms with van der Waals surface area (Å²) < 4.78 is 5.43. The van der Waals surface area contributed by atoms with Crippen LogP contribution in [0.4, 0.5) is 5.88 Å². The van der Waals surface area contributed by atoms with Crippen LogP contribution in [0.3, 0.4) is 0 Å². The second-order valence-corrected chi connectivity index (χ2v) is 5.04. The highest BCUT2D eigenvalue weighted by Gasteiger charge is 2.16. The molecule has 3 rings (SSSR count). The molecular weight excluding hydrogens is 248 g/mol. The zero-order chi connectivity index (χ0) is 12.4. The molecule has 0 saturated carbocycles. The average molecular weight is 263 g/mol. The summed E-state index contributed by atoms with van der Waals surface area (Å²) in [6.45, 7) is 2.13. The van der Waals surface area contributed by atoms with Crippen molar-refractivity contribution in [2.45, 2.75) is 19.3 Å². The molecule has 1 aromatic heterocycles. The number of piperidine rings is 1. The predicted octanol–water partition coefficient (Wildman–Crippen LogP) is 3.99. The van der Waals surface area contributed by atoms with Gasteiger partial charge in [-0.3, -0.25) is 0 Å². The summed E-state index contributed by atoms with van der Waals surface area (Å²) in [6.07, 6.45) is 3.78. The maximum Gasteiger partial charge on any atom is 0.227 e. The van der Waals surface area contributed by atoms with E-state index in [4.69, 9.17) is 16.1 Å². The van der Waals surface area contributed by atoms with E-state index in [0.29, 0.717) is 0 Å². The van der Waals surface area contributed by atoms with Crippen LogP contribution in [0.5, 0.6) is 0 Å². The number of nitrogens with zero attached hydrogens (tertiary/aromatic N) is 2. The molecule has 18 heavy (non-hydrogen) atoms. The van der Waals surface area contributed by atoms with Gasteiger partial charge in [-0.25, -0.2) is 0 Å². The SMILES string of the molecule is Clc1ccc(-c2cc(N3CCCCC3)on2)cc1. The standard InChI is InChI=1S/C14H15ClN2O/c15-12-6-4-11(5-7-12)13-10-14(18-16-13)17-8-2-1-3-9-17/h4-7,10H,1-3,8-9H2. The fraction of sp³-hybridized carbons (Fsp3) is 0.357. The van der Waals surface area contributed by atoms with Crippen molar-refractivity contribution >= 4 is 17.5 Å². The van der Waals surface area contributed by atoms with Gasteiger partial charge in [0.05, 0.1) is 0 Å². The van der Waals surface area contributed by atoms with Gasteiger partial charge in [0.25, 0.3) is 0 Å². The van der Waals surface area contributed by atoms with Crippen molar-refractivity contribution in [2.24, 2.45) is 0 Å². The molecule has 1 aliphatic heterocycles. The van der Waals surface area contributed by atoms with E-state index < -0.39 is 0 Å². The fourth-order valence-corrected chi connectivity index (χ4v) is 2.41. The first-order chi connectivity index (χ1) is 8.83. The summed E-state index contributed by atoms with van der Waals surface area (Å²) in [5.41, 5.74) is 1.90. The second kappa shape index (κ2) is 5.02. The number of anilines is 1. The minimum Gasteiger partial charge on any atom is -0.341 e. The van der Waals surface area contributed by atoms with E-state index in [-0.39, 0.29) is 0 Å². The monoisotopic (exact) mass is 262 g/mol. The summed E-state index contributed by atoms with van der Waals surface area (Å²) in [4.78, 5) is 2.26. The third kappa shape index (κ3) is 2.36. The molecule has 1 saturated heterocycles. The molecule has 0 unspecified atom stereocenters. The van der Waals surface area contributed by atoms with E-state index in [0.717, 1.165) is 35.3 Å².